The van der Waals surface area contributed by atoms with Crippen molar-refractivity contribution in [3.8, 4) is 5.75 Å². The minimum Gasteiger partial charge on any atom is -0.497 e. The highest BCUT2D eigenvalue weighted by molar-refractivity contribution is 6.74. The highest BCUT2D eigenvalue weighted by Gasteiger charge is 2.41. The van der Waals surface area contributed by atoms with Gasteiger partial charge in [-0.3, -0.25) is 0 Å². The van der Waals surface area contributed by atoms with Gasteiger partial charge in [0.1, 0.15) is 12.0 Å². The van der Waals surface area contributed by atoms with E-state index in [4.69, 9.17) is 18.6 Å². The molecule has 0 amide bonds. The fourth-order valence-corrected chi connectivity index (χ4v) is 4.66. The molecule has 0 aromatic heterocycles. The minimum atomic E-state index is -2.00. The lowest BCUT2D eigenvalue weighted by atomic mass is 9.91. The van der Waals surface area contributed by atoms with Gasteiger partial charge in [-0.1, -0.05) is 45.9 Å². The third kappa shape index (κ3) is 8.52. The van der Waals surface area contributed by atoms with Gasteiger partial charge in [0.05, 0.1) is 32.5 Å². The first-order valence-electron chi connectivity index (χ1n) is 11.0. The van der Waals surface area contributed by atoms with Crippen LogP contribution in [0.2, 0.25) is 18.1 Å². The van der Waals surface area contributed by atoms with E-state index in [1.165, 1.54) is 0 Å². The molecule has 31 heavy (non-hydrogen) atoms. The zero-order valence-corrected chi connectivity index (χ0v) is 21.9. The van der Waals surface area contributed by atoms with Crippen molar-refractivity contribution in [2.75, 3.05) is 20.8 Å². The van der Waals surface area contributed by atoms with Crippen LogP contribution >= 0.6 is 0 Å². The molecule has 0 aliphatic heterocycles. The summed E-state index contributed by atoms with van der Waals surface area (Å²) in [5, 5.41) is 0.0800. The number of methoxy groups -OCH3 is 2. The first-order chi connectivity index (χ1) is 14.5. The molecule has 0 N–H and O–H groups in total. The third-order valence-corrected chi connectivity index (χ3v) is 10.8. The summed E-state index contributed by atoms with van der Waals surface area (Å²) in [6, 6.07) is 7.85. The van der Waals surface area contributed by atoms with Crippen LogP contribution in [0.25, 0.3) is 0 Å². The van der Waals surface area contributed by atoms with Gasteiger partial charge in [0.15, 0.2) is 8.32 Å². The molecular formula is C25H42O5Si. The fraction of sp³-hybridized carbons (Fsp3) is 0.640. The predicted molar refractivity (Wildman–Crippen MR) is 129 cm³/mol. The minimum absolute atomic E-state index is 0.0437. The maximum Gasteiger partial charge on any atom is 0.192 e. The summed E-state index contributed by atoms with van der Waals surface area (Å²) < 4.78 is 23.4. The van der Waals surface area contributed by atoms with Crippen LogP contribution in [0.4, 0.5) is 0 Å². The summed E-state index contributed by atoms with van der Waals surface area (Å²) >= 11 is 0. The average Bonchev–Trinajstić information content (AvgIpc) is 2.70. The van der Waals surface area contributed by atoms with Gasteiger partial charge < -0.3 is 23.4 Å². The standard InChI is InChI=1S/C25H42O5Si/c1-19(15-17-29-18-21-10-12-22(27-6)13-11-21)24(28-7)20(2)23(14-16-26)30-31(8,9)25(3,4)5/h10-13,15-16,20,23-24H,14,17-18H2,1-9H3/b19-15+/t20-,23-,24-/m0/s1. The van der Waals surface area contributed by atoms with Crippen molar-refractivity contribution in [2.24, 2.45) is 5.92 Å². The van der Waals surface area contributed by atoms with E-state index in [-0.39, 0.29) is 23.2 Å². The van der Waals surface area contributed by atoms with Crippen LogP contribution in [0.1, 0.15) is 46.6 Å². The van der Waals surface area contributed by atoms with Crippen molar-refractivity contribution < 1.29 is 23.4 Å². The maximum atomic E-state index is 11.4. The molecule has 0 radical (unpaired) electrons. The van der Waals surface area contributed by atoms with Crippen LogP contribution in [0, 0.1) is 5.92 Å². The molecule has 1 aromatic carbocycles. The zero-order chi connectivity index (χ0) is 23.7. The van der Waals surface area contributed by atoms with E-state index in [1.54, 1.807) is 14.2 Å². The van der Waals surface area contributed by atoms with Crippen molar-refractivity contribution in [3.05, 3.63) is 41.5 Å². The van der Waals surface area contributed by atoms with E-state index in [0.717, 1.165) is 23.2 Å². The molecule has 176 valence electrons. The van der Waals surface area contributed by atoms with E-state index in [0.29, 0.717) is 19.6 Å². The molecule has 0 unspecified atom stereocenters. The first kappa shape index (κ1) is 27.6. The summed E-state index contributed by atoms with van der Waals surface area (Å²) in [6.07, 6.45) is 3.07. The zero-order valence-electron chi connectivity index (χ0n) is 20.9. The van der Waals surface area contributed by atoms with Crippen LogP contribution in [0.3, 0.4) is 0 Å². The van der Waals surface area contributed by atoms with Crippen molar-refractivity contribution in [3.63, 3.8) is 0 Å². The van der Waals surface area contributed by atoms with Crippen molar-refractivity contribution >= 4 is 14.6 Å². The van der Waals surface area contributed by atoms with Gasteiger partial charge in [-0.25, -0.2) is 0 Å². The Morgan fingerprint density at radius 1 is 1.13 bits per heavy atom. The Kier molecular flexibility index (Phi) is 11.1. The highest BCUT2D eigenvalue weighted by atomic mass is 28.4. The van der Waals surface area contributed by atoms with Crippen molar-refractivity contribution in [1.82, 2.24) is 0 Å². The smallest absolute Gasteiger partial charge is 0.192 e. The van der Waals surface area contributed by atoms with E-state index in [2.05, 4.69) is 46.9 Å². The Morgan fingerprint density at radius 3 is 2.23 bits per heavy atom. The highest BCUT2D eigenvalue weighted by Crippen LogP contribution is 2.39. The van der Waals surface area contributed by atoms with Gasteiger partial charge in [0.25, 0.3) is 0 Å². The van der Waals surface area contributed by atoms with Crippen molar-refractivity contribution in [1.29, 1.82) is 0 Å². The fourth-order valence-electron chi connectivity index (χ4n) is 3.24. The topological polar surface area (TPSA) is 54.0 Å². The van der Waals surface area contributed by atoms with Gasteiger partial charge in [-0.2, -0.15) is 0 Å². The Morgan fingerprint density at radius 2 is 1.74 bits per heavy atom. The number of carbonyl (C=O) groups is 1. The maximum absolute atomic E-state index is 11.4. The molecule has 3 atom stereocenters. The lowest BCUT2D eigenvalue weighted by Gasteiger charge is -2.42. The number of hydrogen-bond acceptors (Lipinski definition) is 5. The van der Waals surface area contributed by atoms with Gasteiger partial charge in [0, 0.05) is 19.4 Å². The second-order valence-corrected chi connectivity index (χ2v) is 14.4. The largest absolute Gasteiger partial charge is 0.497 e. The first-order valence-corrected chi connectivity index (χ1v) is 13.9. The molecule has 0 spiro atoms. The normalized spacial score (nSPS) is 16.0. The summed E-state index contributed by atoms with van der Waals surface area (Å²) in [4.78, 5) is 11.4. The molecule has 0 fully saturated rings. The van der Waals surface area contributed by atoms with Gasteiger partial charge in [-0.05, 0) is 48.3 Å². The molecule has 0 aliphatic rings. The SMILES string of the molecule is COc1ccc(COC/C=C(\C)[C@H](OC)[C@@H](C)[C@H](CC=O)O[Si](C)(C)C(C)(C)C)cc1. The van der Waals surface area contributed by atoms with Crippen LogP contribution in [-0.2, 0) is 25.3 Å². The molecular weight excluding hydrogens is 408 g/mol. The second kappa shape index (κ2) is 12.5. The van der Waals surface area contributed by atoms with Gasteiger partial charge in [0.2, 0.25) is 0 Å². The molecule has 0 saturated heterocycles. The molecule has 5 nitrogen and oxygen atoms in total. The van der Waals surface area contributed by atoms with E-state index in [1.807, 2.05) is 31.2 Å². The Labute approximate surface area is 190 Å². The Hall–Kier alpha value is -1.47. The second-order valence-electron chi connectivity index (χ2n) is 9.65. The molecule has 1 aromatic rings. The number of ether oxygens (including phenoxy) is 3. The number of hydrogen-bond donors (Lipinski definition) is 0. The quantitative estimate of drug-likeness (QED) is 0.165. The molecule has 0 aliphatic carbocycles. The summed E-state index contributed by atoms with van der Waals surface area (Å²) in [6.45, 7) is 16.2. The van der Waals surface area contributed by atoms with Crippen LogP contribution in [-0.4, -0.2) is 47.6 Å². The van der Waals surface area contributed by atoms with E-state index >= 15 is 0 Å². The van der Waals surface area contributed by atoms with E-state index < -0.39 is 8.32 Å². The Balaban J connectivity index is 2.76. The lowest BCUT2D eigenvalue weighted by molar-refractivity contribution is -0.110. The molecule has 6 heteroatoms. The molecule has 0 heterocycles. The summed E-state index contributed by atoms with van der Waals surface area (Å²) in [5.41, 5.74) is 2.18. The number of aldehydes is 1. The average molecular weight is 451 g/mol. The van der Waals surface area contributed by atoms with Crippen molar-refractivity contribution in [2.45, 2.75) is 78.0 Å². The summed E-state index contributed by atoms with van der Waals surface area (Å²) in [5.74, 6) is 0.878. The Bertz CT molecular complexity index is 691. The lowest BCUT2D eigenvalue weighted by Crippen LogP contribution is -2.47. The van der Waals surface area contributed by atoms with Crippen LogP contribution in [0.15, 0.2) is 35.9 Å². The van der Waals surface area contributed by atoms with Gasteiger partial charge >= 0.3 is 0 Å². The summed E-state index contributed by atoms with van der Waals surface area (Å²) in [7, 11) is 1.36. The molecule has 1 rings (SSSR count). The molecule has 0 saturated carbocycles. The van der Waals surface area contributed by atoms with Crippen LogP contribution < -0.4 is 4.74 Å². The van der Waals surface area contributed by atoms with E-state index in [9.17, 15) is 4.79 Å². The molecule has 0 bridgehead atoms. The number of benzene rings is 1. The third-order valence-electron chi connectivity index (χ3n) is 6.30. The predicted octanol–water partition coefficient (Wildman–Crippen LogP) is 5.79. The number of rotatable bonds is 13. The monoisotopic (exact) mass is 450 g/mol. The van der Waals surface area contributed by atoms with Crippen LogP contribution in [0.5, 0.6) is 5.75 Å². The number of carbonyl (C=O) groups excluding carboxylic acids is 1. The van der Waals surface area contributed by atoms with Gasteiger partial charge in [-0.15, -0.1) is 0 Å².